The van der Waals surface area contributed by atoms with Crippen molar-refractivity contribution < 1.29 is 4.79 Å². The van der Waals surface area contributed by atoms with Gasteiger partial charge in [-0.1, -0.05) is 11.8 Å². The summed E-state index contributed by atoms with van der Waals surface area (Å²) in [6.07, 6.45) is 3.43. The molecule has 6 heteroatoms. The van der Waals surface area contributed by atoms with Gasteiger partial charge in [0.2, 0.25) is 5.91 Å². The highest BCUT2D eigenvalue weighted by Crippen LogP contribution is 2.18. The Balaban J connectivity index is 1.97. The summed E-state index contributed by atoms with van der Waals surface area (Å²) in [5.41, 5.74) is 1.77. The minimum absolute atomic E-state index is 0.00695. The van der Waals surface area contributed by atoms with Gasteiger partial charge in [0, 0.05) is 24.5 Å². The summed E-state index contributed by atoms with van der Waals surface area (Å²) in [5, 5.41) is 11.7. The summed E-state index contributed by atoms with van der Waals surface area (Å²) < 4.78 is 0. The molecule has 0 bridgehead atoms. The zero-order valence-electron chi connectivity index (χ0n) is 10.5. The van der Waals surface area contributed by atoms with E-state index in [1.54, 1.807) is 12.4 Å². The van der Waals surface area contributed by atoms with Crippen LogP contribution in [0.5, 0.6) is 0 Å². The molecule has 0 aliphatic carbocycles. The number of rotatable bonds is 5. The van der Waals surface area contributed by atoms with Crippen molar-refractivity contribution >= 4 is 17.7 Å². The number of carbonyl (C=O) groups is 1. The fraction of sp³-hybridized carbons (Fsp3) is 0.231. The van der Waals surface area contributed by atoms with E-state index in [0.29, 0.717) is 12.3 Å². The number of carbonyl (C=O) groups excluding carboxylic acids is 1. The maximum Gasteiger partial charge on any atom is 0.230 e. The van der Waals surface area contributed by atoms with Gasteiger partial charge in [-0.3, -0.25) is 9.78 Å². The van der Waals surface area contributed by atoms with Gasteiger partial charge in [0.05, 0.1) is 11.4 Å². The Morgan fingerprint density at radius 3 is 2.63 bits per heavy atom. The van der Waals surface area contributed by atoms with Crippen molar-refractivity contribution in [3.63, 3.8) is 0 Å². The lowest BCUT2D eigenvalue weighted by Crippen LogP contribution is -2.24. The van der Waals surface area contributed by atoms with E-state index in [2.05, 4.69) is 20.5 Å². The summed E-state index contributed by atoms with van der Waals surface area (Å²) in [5.74, 6) is 0.365. The highest BCUT2D eigenvalue weighted by Gasteiger charge is 2.04. The molecule has 0 radical (unpaired) electrons. The molecule has 0 saturated carbocycles. The molecule has 19 heavy (non-hydrogen) atoms. The largest absolute Gasteiger partial charge is 0.356 e. The smallest absolute Gasteiger partial charge is 0.230 e. The Kier molecular flexibility index (Phi) is 4.85. The molecule has 0 aliphatic rings. The van der Waals surface area contributed by atoms with Crippen LogP contribution in [0.3, 0.4) is 0 Å². The van der Waals surface area contributed by atoms with Crippen LogP contribution in [0.4, 0.5) is 0 Å². The van der Waals surface area contributed by atoms with Crippen LogP contribution in [-0.2, 0) is 4.79 Å². The lowest BCUT2D eigenvalue weighted by atomic mass is 10.2. The maximum absolute atomic E-state index is 11.3. The van der Waals surface area contributed by atoms with Crippen molar-refractivity contribution in [1.82, 2.24) is 20.5 Å². The molecule has 0 aromatic carbocycles. The molecular weight excluding hydrogens is 260 g/mol. The Hall–Kier alpha value is -1.95. The minimum atomic E-state index is 0.00695. The number of amides is 1. The molecule has 0 aliphatic heterocycles. The van der Waals surface area contributed by atoms with Crippen LogP contribution in [0.15, 0.2) is 41.7 Å². The first-order valence-electron chi connectivity index (χ1n) is 5.93. The average Bonchev–Trinajstić information content (AvgIpc) is 2.47. The Morgan fingerprint density at radius 2 is 2.00 bits per heavy atom. The fourth-order valence-electron chi connectivity index (χ4n) is 1.46. The third-order valence-electron chi connectivity index (χ3n) is 2.34. The maximum atomic E-state index is 11.3. The van der Waals surface area contributed by atoms with E-state index in [0.717, 1.165) is 16.3 Å². The van der Waals surface area contributed by atoms with E-state index in [1.165, 1.54) is 11.8 Å². The van der Waals surface area contributed by atoms with Crippen molar-refractivity contribution in [3.05, 3.63) is 36.7 Å². The second-order valence-corrected chi connectivity index (χ2v) is 4.73. The van der Waals surface area contributed by atoms with Crippen LogP contribution in [0.2, 0.25) is 0 Å². The molecule has 0 saturated heterocycles. The number of pyridine rings is 1. The zero-order chi connectivity index (χ0) is 13.5. The Morgan fingerprint density at radius 1 is 1.21 bits per heavy atom. The third kappa shape index (κ3) is 4.03. The van der Waals surface area contributed by atoms with Gasteiger partial charge in [0.25, 0.3) is 0 Å². The first kappa shape index (κ1) is 13.5. The molecule has 2 aromatic heterocycles. The summed E-state index contributed by atoms with van der Waals surface area (Å²) in [7, 11) is 0. The molecule has 5 nitrogen and oxygen atoms in total. The molecule has 1 amide bonds. The van der Waals surface area contributed by atoms with Gasteiger partial charge in [0.15, 0.2) is 0 Å². The zero-order valence-corrected chi connectivity index (χ0v) is 11.4. The van der Waals surface area contributed by atoms with Gasteiger partial charge >= 0.3 is 0 Å². The Labute approximate surface area is 115 Å². The molecule has 2 rings (SSSR count). The molecule has 0 unspecified atom stereocenters. The molecule has 98 valence electrons. The molecule has 2 heterocycles. The minimum Gasteiger partial charge on any atom is -0.356 e. The quantitative estimate of drug-likeness (QED) is 0.842. The van der Waals surface area contributed by atoms with E-state index in [-0.39, 0.29) is 5.91 Å². The van der Waals surface area contributed by atoms with Gasteiger partial charge in [-0.15, -0.1) is 10.2 Å². The van der Waals surface area contributed by atoms with Gasteiger partial charge < -0.3 is 5.32 Å². The van der Waals surface area contributed by atoms with E-state index in [4.69, 9.17) is 0 Å². The molecule has 0 fully saturated rings. The van der Waals surface area contributed by atoms with E-state index in [1.807, 2.05) is 31.2 Å². The van der Waals surface area contributed by atoms with Crippen molar-refractivity contribution in [2.24, 2.45) is 0 Å². The van der Waals surface area contributed by atoms with E-state index >= 15 is 0 Å². The predicted octanol–water partition coefficient (Wildman–Crippen LogP) is 1.77. The van der Waals surface area contributed by atoms with Crippen LogP contribution >= 0.6 is 11.8 Å². The SMILES string of the molecule is CCNC(=O)CSc1ccc(-c2ccncc2)nn1. The highest BCUT2D eigenvalue weighted by molar-refractivity contribution is 7.99. The highest BCUT2D eigenvalue weighted by atomic mass is 32.2. The van der Waals surface area contributed by atoms with Crippen LogP contribution < -0.4 is 5.32 Å². The average molecular weight is 274 g/mol. The van der Waals surface area contributed by atoms with Crippen molar-refractivity contribution in [1.29, 1.82) is 0 Å². The van der Waals surface area contributed by atoms with Crippen molar-refractivity contribution in [3.8, 4) is 11.3 Å². The van der Waals surface area contributed by atoms with Gasteiger partial charge in [-0.2, -0.15) is 0 Å². The fourth-order valence-corrected chi connectivity index (χ4v) is 2.11. The van der Waals surface area contributed by atoms with Crippen LogP contribution in [0.25, 0.3) is 11.3 Å². The number of hydrogen-bond acceptors (Lipinski definition) is 5. The summed E-state index contributed by atoms with van der Waals surface area (Å²) >= 11 is 1.37. The molecule has 1 N–H and O–H groups in total. The number of nitrogens with zero attached hydrogens (tertiary/aromatic N) is 3. The lowest BCUT2D eigenvalue weighted by molar-refractivity contribution is -0.118. The normalized spacial score (nSPS) is 10.2. The predicted molar refractivity (Wildman–Crippen MR) is 74.7 cm³/mol. The van der Waals surface area contributed by atoms with E-state index in [9.17, 15) is 4.79 Å². The molecule has 0 atom stereocenters. The summed E-state index contributed by atoms with van der Waals surface area (Å²) in [4.78, 5) is 15.3. The van der Waals surface area contributed by atoms with Gasteiger partial charge in [-0.25, -0.2) is 0 Å². The second-order valence-electron chi connectivity index (χ2n) is 3.73. The van der Waals surface area contributed by atoms with Gasteiger partial charge in [-0.05, 0) is 31.2 Å². The molecule has 2 aromatic rings. The third-order valence-corrected chi connectivity index (χ3v) is 3.26. The standard InChI is InChI=1S/C13H14N4OS/c1-2-15-12(18)9-19-13-4-3-11(16-17-13)10-5-7-14-8-6-10/h3-8H,2,9H2,1H3,(H,15,18). The first-order valence-corrected chi connectivity index (χ1v) is 6.92. The molecule has 0 spiro atoms. The van der Waals surface area contributed by atoms with Crippen LogP contribution in [0.1, 0.15) is 6.92 Å². The number of aromatic nitrogens is 3. The van der Waals surface area contributed by atoms with E-state index < -0.39 is 0 Å². The van der Waals surface area contributed by atoms with Crippen LogP contribution in [-0.4, -0.2) is 33.4 Å². The van der Waals surface area contributed by atoms with Crippen molar-refractivity contribution in [2.75, 3.05) is 12.3 Å². The topological polar surface area (TPSA) is 67.8 Å². The second kappa shape index (κ2) is 6.84. The summed E-state index contributed by atoms with van der Waals surface area (Å²) in [6, 6.07) is 7.52. The Bertz CT molecular complexity index is 530. The first-order chi connectivity index (χ1) is 9.29. The van der Waals surface area contributed by atoms with Crippen molar-refractivity contribution in [2.45, 2.75) is 11.9 Å². The molecular formula is C13H14N4OS. The number of nitrogens with one attached hydrogen (secondary N) is 1. The van der Waals surface area contributed by atoms with Crippen LogP contribution in [0, 0.1) is 0 Å². The monoisotopic (exact) mass is 274 g/mol. The number of thioether (sulfide) groups is 1. The summed E-state index contributed by atoms with van der Waals surface area (Å²) in [6.45, 7) is 2.54. The van der Waals surface area contributed by atoms with Gasteiger partial charge in [0.1, 0.15) is 5.03 Å². The lowest BCUT2D eigenvalue weighted by Gasteiger charge is -2.02. The number of hydrogen-bond donors (Lipinski definition) is 1.